The number of anilines is 1. The minimum absolute atomic E-state index is 0.00852. The average molecular weight is 280 g/mol. The quantitative estimate of drug-likeness (QED) is 0.833. The molecule has 0 unspecified atom stereocenters. The third-order valence-corrected chi connectivity index (χ3v) is 3.34. The average Bonchev–Trinajstić information content (AvgIpc) is 2.38. The predicted molar refractivity (Wildman–Crippen MR) is 81.0 cm³/mol. The highest BCUT2D eigenvalue weighted by atomic mass is 19.1. The first-order valence-electron chi connectivity index (χ1n) is 7.23. The highest BCUT2D eigenvalue weighted by Crippen LogP contribution is 2.20. The smallest absolute Gasteiger partial charge is 0.227 e. The molecule has 0 aliphatic rings. The maximum absolute atomic E-state index is 13.3. The zero-order chi connectivity index (χ0) is 15.1. The molecule has 0 fully saturated rings. The SMILES string of the molecule is CCN(C(=O)C[C@@H](CN)CC(C)C)c1cccc(F)c1. The van der Waals surface area contributed by atoms with Crippen molar-refractivity contribution in [1.29, 1.82) is 0 Å². The Kier molecular flexibility index (Phi) is 6.65. The molecule has 1 aromatic carbocycles. The lowest BCUT2D eigenvalue weighted by Crippen LogP contribution is -2.33. The normalized spacial score (nSPS) is 12.5. The molecule has 0 saturated carbocycles. The molecule has 0 aliphatic carbocycles. The van der Waals surface area contributed by atoms with Crippen LogP contribution in [0.3, 0.4) is 0 Å². The lowest BCUT2D eigenvalue weighted by Gasteiger charge is -2.24. The lowest BCUT2D eigenvalue weighted by atomic mass is 9.93. The highest BCUT2D eigenvalue weighted by Gasteiger charge is 2.19. The monoisotopic (exact) mass is 280 g/mol. The molecule has 0 bridgehead atoms. The zero-order valence-corrected chi connectivity index (χ0v) is 12.6. The molecule has 0 saturated heterocycles. The topological polar surface area (TPSA) is 46.3 Å². The summed E-state index contributed by atoms with van der Waals surface area (Å²) in [5.41, 5.74) is 6.35. The Morgan fingerprint density at radius 3 is 2.60 bits per heavy atom. The molecule has 0 aliphatic heterocycles. The minimum Gasteiger partial charge on any atom is -0.330 e. The van der Waals surface area contributed by atoms with E-state index in [2.05, 4.69) is 13.8 Å². The van der Waals surface area contributed by atoms with E-state index >= 15 is 0 Å². The van der Waals surface area contributed by atoms with Gasteiger partial charge in [0.2, 0.25) is 5.91 Å². The summed E-state index contributed by atoms with van der Waals surface area (Å²) < 4.78 is 13.3. The van der Waals surface area contributed by atoms with E-state index in [0.29, 0.717) is 31.1 Å². The van der Waals surface area contributed by atoms with Gasteiger partial charge in [-0.2, -0.15) is 0 Å². The van der Waals surface area contributed by atoms with Gasteiger partial charge in [-0.3, -0.25) is 4.79 Å². The summed E-state index contributed by atoms with van der Waals surface area (Å²) in [5.74, 6) is 0.381. The molecule has 0 heterocycles. The molecule has 1 rings (SSSR count). The van der Waals surface area contributed by atoms with E-state index in [1.54, 1.807) is 17.0 Å². The second kappa shape index (κ2) is 8.00. The number of benzene rings is 1. The number of amides is 1. The molecular weight excluding hydrogens is 255 g/mol. The van der Waals surface area contributed by atoms with Gasteiger partial charge in [0.05, 0.1) is 0 Å². The van der Waals surface area contributed by atoms with Gasteiger partial charge in [-0.15, -0.1) is 0 Å². The van der Waals surface area contributed by atoms with Gasteiger partial charge in [-0.25, -0.2) is 4.39 Å². The zero-order valence-electron chi connectivity index (χ0n) is 12.6. The van der Waals surface area contributed by atoms with E-state index in [-0.39, 0.29) is 17.6 Å². The fraction of sp³-hybridized carbons (Fsp3) is 0.562. The Bertz CT molecular complexity index is 434. The van der Waals surface area contributed by atoms with Crippen LogP contribution < -0.4 is 10.6 Å². The number of carbonyl (C=O) groups excluding carboxylic acids is 1. The van der Waals surface area contributed by atoms with Crippen molar-refractivity contribution in [3.63, 3.8) is 0 Å². The highest BCUT2D eigenvalue weighted by molar-refractivity contribution is 5.93. The molecule has 0 aromatic heterocycles. The van der Waals surface area contributed by atoms with Gasteiger partial charge >= 0.3 is 0 Å². The summed E-state index contributed by atoms with van der Waals surface area (Å²) in [7, 11) is 0. The Labute approximate surface area is 121 Å². The van der Waals surface area contributed by atoms with Crippen molar-refractivity contribution in [2.75, 3.05) is 18.0 Å². The third-order valence-electron chi connectivity index (χ3n) is 3.34. The van der Waals surface area contributed by atoms with Crippen molar-refractivity contribution in [2.45, 2.75) is 33.6 Å². The largest absolute Gasteiger partial charge is 0.330 e. The van der Waals surface area contributed by atoms with E-state index in [9.17, 15) is 9.18 Å². The molecule has 1 aromatic rings. The lowest BCUT2D eigenvalue weighted by molar-refractivity contribution is -0.119. The fourth-order valence-corrected chi connectivity index (χ4v) is 2.43. The number of rotatable bonds is 7. The number of hydrogen-bond donors (Lipinski definition) is 1. The van der Waals surface area contributed by atoms with E-state index in [1.807, 2.05) is 6.92 Å². The first-order valence-corrected chi connectivity index (χ1v) is 7.23. The van der Waals surface area contributed by atoms with Gasteiger partial charge in [0.25, 0.3) is 0 Å². The van der Waals surface area contributed by atoms with Crippen molar-refractivity contribution >= 4 is 11.6 Å². The van der Waals surface area contributed by atoms with Gasteiger partial charge in [-0.1, -0.05) is 19.9 Å². The molecule has 1 atom stereocenters. The van der Waals surface area contributed by atoms with Crippen LogP contribution in [0.25, 0.3) is 0 Å². The van der Waals surface area contributed by atoms with Crippen LogP contribution in [-0.2, 0) is 4.79 Å². The van der Waals surface area contributed by atoms with Gasteiger partial charge in [0.1, 0.15) is 5.82 Å². The fourth-order valence-electron chi connectivity index (χ4n) is 2.43. The maximum Gasteiger partial charge on any atom is 0.227 e. The van der Waals surface area contributed by atoms with Crippen LogP contribution in [0.15, 0.2) is 24.3 Å². The molecule has 0 spiro atoms. The number of hydrogen-bond acceptors (Lipinski definition) is 2. The molecule has 1 amide bonds. The third kappa shape index (κ3) is 4.93. The van der Waals surface area contributed by atoms with Crippen molar-refractivity contribution < 1.29 is 9.18 Å². The van der Waals surface area contributed by atoms with Crippen LogP contribution in [0.4, 0.5) is 10.1 Å². The Morgan fingerprint density at radius 2 is 2.10 bits per heavy atom. The Hall–Kier alpha value is -1.42. The van der Waals surface area contributed by atoms with Gasteiger partial charge in [0.15, 0.2) is 0 Å². The van der Waals surface area contributed by atoms with E-state index in [1.165, 1.54) is 12.1 Å². The minimum atomic E-state index is -0.327. The molecule has 3 nitrogen and oxygen atoms in total. The summed E-state index contributed by atoms with van der Waals surface area (Å²) >= 11 is 0. The summed E-state index contributed by atoms with van der Waals surface area (Å²) in [6.07, 6.45) is 1.35. The second-order valence-corrected chi connectivity index (χ2v) is 5.55. The van der Waals surface area contributed by atoms with Crippen LogP contribution in [-0.4, -0.2) is 19.0 Å². The van der Waals surface area contributed by atoms with Gasteiger partial charge < -0.3 is 10.6 Å². The standard InChI is InChI=1S/C16H25FN2O/c1-4-19(15-7-5-6-14(17)10-15)16(20)9-13(11-18)8-12(2)3/h5-7,10,12-13H,4,8-9,11,18H2,1-3H3/t13-/m0/s1. The van der Waals surface area contributed by atoms with E-state index in [0.717, 1.165) is 6.42 Å². The molecule has 2 N–H and O–H groups in total. The summed E-state index contributed by atoms with van der Waals surface area (Å²) in [5, 5.41) is 0. The van der Waals surface area contributed by atoms with E-state index < -0.39 is 0 Å². The number of nitrogens with two attached hydrogens (primary N) is 1. The van der Waals surface area contributed by atoms with Crippen LogP contribution in [0, 0.1) is 17.7 Å². The van der Waals surface area contributed by atoms with Crippen molar-refractivity contribution in [3.8, 4) is 0 Å². The maximum atomic E-state index is 13.3. The van der Waals surface area contributed by atoms with E-state index in [4.69, 9.17) is 5.73 Å². The molecule has 20 heavy (non-hydrogen) atoms. The Morgan fingerprint density at radius 1 is 1.40 bits per heavy atom. The number of halogens is 1. The van der Waals surface area contributed by atoms with Crippen molar-refractivity contribution in [1.82, 2.24) is 0 Å². The summed E-state index contributed by atoms with van der Waals surface area (Å²) in [6.45, 7) is 7.17. The molecule has 112 valence electrons. The van der Waals surface area contributed by atoms with Crippen LogP contribution in [0.2, 0.25) is 0 Å². The molecular formula is C16H25FN2O. The van der Waals surface area contributed by atoms with Crippen LogP contribution >= 0.6 is 0 Å². The summed E-state index contributed by atoms with van der Waals surface area (Å²) in [4.78, 5) is 14.0. The molecule has 0 radical (unpaired) electrons. The first-order chi connectivity index (χ1) is 9.47. The van der Waals surface area contributed by atoms with Crippen molar-refractivity contribution in [2.24, 2.45) is 17.6 Å². The van der Waals surface area contributed by atoms with Gasteiger partial charge in [0, 0.05) is 18.7 Å². The number of nitrogens with zero attached hydrogens (tertiary/aromatic N) is 1. The van der Waals surface area contributed by atoms with Gasteiger partial charge in [-0.05, 0) is 49.9 Å². The second-order valence-electron chi connectivity index (χ2n) is 5.55. The number of carbonyl (C=O) groups is 1. The van der Waals surface area contributed by atoms with Crippen LogP contribution in [0.5, 0.6) is 0 Å². The Balaban J connectivity index is 2.76. The summed E-state index contributed by atoms with van der Waals surface area (Å²) in [6, 6.07) is 6.14. The van der Waals surface area contributed by atoms with Crippen LogP contribution in [0.1, 0.15) is 33.6 Å². The predicted octanol–water partition coefficient (Wildman–Crippen LogP) is 3.19. The molecule has 4 heteroatoms. The van der Waals surface area contributed by atoms with Crippen molar-refractivity contribution in [3.05, 3.63) is 30.1 Å². The first kappa shape index (κ1) is 16.6.